The Hall–Kier alpha value is 0.480. The average molecular weight is 150 g/mol. The van der Waals surface area contributed by atoms with Gasteiger partial charge in [-0.3, -0.25) is 0 Å². The fourth-order valence-electron chi connectivity index (χ4n) is 0. The van der Waals surface area contributed by atoms with Gasteiger partial charge in [0.25, 0.3) is 0 Å². The Labute approximate surface area is 42.4 Å². The third-order valence-corrected chi connectivity index (χ3v) is 0. The molecule has 0 aromatic heterocycles. The van der Waals surface area contributed by atoms with Crippen molar-refractivity contribution in [3.8, 4) is 0 Å². The van der Waals surface area contributed by atoms with Gasteiger partial charge in [-0.05, 0) is 6.92 Å². The van der Waals surface area contributed by atoms with E-state index in [-0.39, 0.29) is 22.4 Å². The van der Waals surface area contributed by atoms with Crippen LogP contribution in [0.15, 0.2) is 12.7 Å². The van der Waals surface area contributed by atoms with Crippen LogP contribution in [-0.2, 0) is 22.4 Å². The second kappa shape index (κ2) is 9.77. The van der Waals surface area contributed by atoms with Crippen LogP contribution in [0.3, 0.4) is 0 Å². The van der Waals surface area contributed by atoms with Crippen LogP contribution in [-0.4, -0.2) is 0 Å². The molecule has 29 valence electrons. The predicted molar refractivity (Wildman–Crippen MR) is 15.9 cm³/mol. The second-order valence-electron chi connectivity index (χ2n) is 0.408. The van der Waals surface area contributed by atoms with Crippen molar-refractivity contribution in [1.82, 2.24) is 0 Å². The predicted octanol–water partition coefficient (Wildman–Crippen LogP) is 1.19. The van der Waals surface area contributed by atoms with Crippen molar-refractivity contribution in [2.45, 2.75) is 6.92 Å². The molecule has 0 saturated heterocycles. The molecule has 0 bridgehead atoms. The van der Waals surface area contributed by atoms with Crippen molar-refractivity contribution < 1.29 is 22.4 Å². The minimum atomic E-state index is 0. The summed E-state index contributed by atoms with van der Waals surface area (Å²) in [5.74, 6) is 0. The van der Waals surface area contributed by atoms with Crippen LogP contribution in [0.4, 0.5) is 0 Å². The van der Waals surface area contributed by atoms with Crippen molar-refractivity contribution in [2.75, 3.05) is 0 Å². The number of allylic oxidation sites excluding steroid dienone is 1. The Bertz CT molecular complexity index is 10.8. The molecule has 0 fully saturated rings. The van der Waals surface area contributed by atoms with Gasteiger partial charge in [-0.2, -0.15) is 0 Å². The van der Waals surface area contributed by atoms with Crippen LogP contribution in [0.25, 0.3) is 0 Å². The fourth-order valence-corrected chi connectivity index (χ4v) is 0. The molecular formula is C3H6Ag. The normalized spacial score (nSPS) is 3.25. The minimum absolute atomic E-state index is 0. The summed E-state index contributed by atoms with van der Waals surface area (Å²) in [6.45, 7) is 5.25. The Kier molecular flexibility index (Phi) is 21.5. The first kappa shape index (κ1) is 8.82. The Morgan fingerprint density at radius 2 is 1.75 bits per heavy atom. The first-order valence-electron chi connectivity index (χ1n) is 0.986. The van der Waals surface area contributed by atoms with E-state index in [0.29, 0.717) is 0 Å². The van der Waals surface area contributed by atoms with Crippen LogP contribution in [0, 0.1) is 0 Å². The molecule has 0 saturated carbocycles. The molecule has 0 aliphatic heterocycles. The molecule has 0 aromatic rings. The molecule has 0 heterocycles. The number of hydrogen-bond donors (Lipinski definition) is 0. The van der Waals surface area contributed by atoms with Gasteiger partial charge >= 0.3 is 0 Å². The summed E-state index contributed by atoms with van der Waals surface area (Å²) in [4.78, 5) is 0. The first-order chi connectivity index (χ1) is 1.41. The third kappa shape index (κ3) is 23.6. The van der Waals surface area contributed by atoms with E-state index < -0.39 is 0 Å². The van der Waals surface area contributed by atoms with E-state index in [1.165, 1.54) is 0 Å². The summed E-state index contributed by atoms with van der Waals surface area (Å²) in [6.07, 6.45) is 1.75. The molecule has 0 atom stereocenters. The third-order valence-electron chi connectivity index (χ3n) is 0. The molecule has 0 amide bonds. The molecule has 0 aromatic carbocycles. The van der Waals surface area contributed by atoms with Crippen LogP contribution >= 0.6 is 0 Å². The van der Waals surface area contributed by atoms with E-state index in [1.54, 1.807) is 6.08 Å². The molecule has 0 nitrogen and oxygen atoms in total. The molecule has 0 spiro atoms. The van der Waals surface area contributed by atoms with Crippen LogP contribution in [0.1, 0.15) is 6.92 Å². The van der Waals surface area contributed by atoms with Crippen LogP contribution in [0.2, 0.25) is 0 Å². The van der Waals surface area contributed by atoms with Crippen molar-refractivity contribution >= 4 is 0 Å². The molecule has 1 radical (unpaired) electrons. The topological polar surface area (TPSA) is 0 Å². The second-order valence-corrected chi connectivity index (χ2v) is 0.408. The minimum Gasteiger partial charge on any atom is -0.103 e. The van der Waals surface area contributed by atoms with Gasteiger partial charge in [-0.1, -0.05) is 6.08 Å². The molecule has 1 heteroatoms. The van der Waals surface area contributed by atoms with Gasteiger partial charge in [0.15, 0.2) is 0 Å². The zero-order valence-electron chi connectivity index (χ0n) is 2.59. The Morgan fingerprint density at radius 1 is 1.75 bits per heavy atom. The van der Waals surface area contributed by atoms with Crippen LogP contribution in [0.5, 0.6) is 0 Å². The smallest absolute Gasteiger partial charge is 0 e. The van der Waals surface area contributed by atoms with Gasteiger partial charge in [0.2, 0.25) is 0 Å². The van der Waals surface area contributed by atoms with Gasteiger partial charge in [0, 0.05) is 22.4 Å². The van der Waals surface area contributed by atoms with Gasteiger partial charge in [0.05, 0.1) is 0 Å². The number of rotatable bonds is 0. The standard InChI is InChI=1S/C3H6.Ag/c1-3-2;/h3H,1H2,2H3;. The molecule has 0 rings (SSSR count). The summed E-state index contributed by atoms with van der Waals surface area (Å²) in [5, 5.41) is 0. The van der Waals surface area contributed by atoms with E-state index >= 15 is 0 Å². The van der Waals surface area contributed by atoms with Crippen molar-refractivity contribution in [3.05, 3.63) is 12.7 Å². The van der Waals surface area contributed by atoms with Crippen molar-refractivity contribution in [3.63, 3.8) is 0 Å². The average Bonchev–Trinajstić information content (AvgIpc) is 0.918. The summed E-state index contributed by atoms with van der Waals surface area (Å²) in [7, 11) is 0. The van der Waals surface area contributed by atoms with Gasteiger partial charge in [-0.15, -0.1) is 6.58 Å². The fraction of sp³-hybridized carbons (Fsp3) is 0.333. The van der Waals surface area contributed by atoms with Gasteiger partial charge in [-0.25, -0.2) is 0 Å². The molecule has 0 unspecified atom stereocenters. The largest absolute Gasteiger partial charge is 0.103 e. The summed E-state index contributed by atoms with van der Waals surface area (Å²) in [5.41, 5.74) is 0. The SMILES string of the molecule is C=CC.[Ag]. The number of hydrogen-bond acceptors (Lipinski definition) is 0. The van der Waals surface area contributed by atoms with E-state index in [9.17, 15) is 0 Å². The first-order valence-corrected chi connectivity index (χ1v) is 0.986. The molecular weight excluding hydrogens is 144 g/mol. The summed E-state index contributed by atoms with van der Waals surface area (Å²) in [6, 6.07) is 0. The van der Waals surface area contributed by atoms with E-state index in [2.05, 4.69) is 6.58 Å². The molecule has 0 N–H and O–H groups in total. The monoisotopic (exact) mass is 149 g/mol. The van der Waals surface area contributed by atoms with E-state index in [4.69, 9.17) is 0 Å². The van der Waals surface area contributed by atoms with Gasteiger partial charge < -0.3 is 0 Å². The Balaban J connectivity index is 0. The molecule has 4 heavy (non-hydrogen) atoms. The zero-order valence-corrected chi connectivity index (χ0v) is 4.07. The quantitative estimate of drug-likeness (QED) is 0.359. The maximum atomic E-state index is 3.36. The molecule has 0 aliphatic rings. The molecule has 0 aliphatic carbocycles. The van der Waals surface area contributed by atoms with Gasteiger partial charge in [0.1, 0.15) is 0 Å². The summed E-state index contributed by atoms with van der Waals surface area (Å²) < 4.78 is 0. The Morgan fingerprint density at radius 3 is 1.75 bits per heavy atom. The maximum absolute atomic E-state index is 3.36. The maximum Gasteiger partial charge on any atom is 0 e. The van der Waals surface area contributed by atoms with E-state index in [0.717, 1.165) is 0 Å². The van der Waals surface area contributed by atoms with Crippen LogP contribution < -0.4 is 0 Å². The summed E-state index contributed by atoms with van der Waals surface area (Å²) >= 11 is 0. The zero-order chi connectivity index (χ0) is 2.71. The van der Waals surface area contributed by atoms with E-state index in [1.807, 2.05) is 6.92 Å². The van der Waals surface area contributed by atoms with Crippen molar-refractivity contribution in [2.24, 2.45) is 0 Å². The van der Waals surface area contributed by atoms with Crippen molar-refractivity contribution in [1.29, 1.82) is 0 Å².